The molecule has 0 fully saturated rings. The highest BCUT2D eigenvalue weighted by molar-refractivity contribution is 5.91. The third-order valence-corrected chi connectivity index (χ3v) is 3.51. The second-order valence-corrected chi connectivity index (χ2v) is 5.19. The highest BCUT2D eigenvalue weighted by Gasteiger charge is 2.05. The van der Waals surface area contributed by atoms with Crippen LogP contribution in [0.3, 0.4) is 0 Å². The highest BCUT2D eigenvalue weighted by atomic mass is 16.5. The first-order chi connectivity index (χ1) is 12.2. The average molecular weight is 339 g/mol. The Labute approximate surface area is 143 Å². The van der Waals surface area contributed by atoms with E-state index in [4.69, 9.17) is 9.47 Å². The largest absolute Gasteiger partial charge is 0.497 e. The molecule has 3 rings (SSSR count). The van der Waals surface area contributed by atoms with E-state index in [2.05, 4.69) is 10.3 Å². The Morgan fingerprint density at radius 2 is 1.76 bits per heavy atom. The Balaban J connectivity index is 1.55. The van der Waals surface area contributed by atoms with Crippen molar-refractivity contribution in [2.75, 3.05) is 19.0 Å². The number of carbonyl (C=O) groups excluding carboxylic acids is 1. The van der Waals surface area contributed by atoms with Crippen molar-refractivity contribution < 1.29 is 14.3 Å². The van der Waals surface area contributed by atoms with Gasteiger partial charge in [-0.05, 0) is 48.5 Å². The molecule has 2 N–H and O–H groups in total. The van der Waals surface area contributed by atoms with Crippen LogP contribution >= 0.6 is 0 Å². The first-order valence-electron chi connectivity index (χ1n) is 7.59. The number of nitrogens with zero attached hydrogens (tertiary/aromatic N) is 1. The number of benzene rings is 2. The number of amides is 1. The summed E-state index contributed by atoms with van der Waals surface area (Å²) in [5.74, 6) is 1.03. The van der Waals surface area contributed by atoms with Crippen LogP contribution in [0, 0.1) is 0 Å². The normalized spacial score (nSPS) is 10.3. The van der Waals surface area contributed by atoms with Gasteiger partial charge in [-0.3, -0.25) is 9.36 Å². The Morgan fingerprint density at radius 1 is 1.08 bits per heavy atom. The van der Waals surface area contributed by atoms with Gasteiger partial charge >= 0.3 is 5.69 Å². The molecule has 2 aromatic carbocycles. The minimum Gasteiger partial charge on any atom is -0.497 e. The summed E-state index contributed by atoms with van der Waals surface area (Å²) in [5.41, 5.74) is 1.11. The van der Waals surface area contributed by atoms with Crippen LogP contribution in [0.25, 0.3) is 5.69 Å². The molecular formula is C18H17N3O4. The second kappa shape index (κ2) is 7.39. The van der Waals surface area contributed by atoms with E-state index in [1.165, 1.54) is 4.57 Å². The van der Waals surface area contributed by atoms with E-state index < -0.39 is 0 Å². The summed E-state index contributed by atoms with van der Waals surface area (Å²) in [5, 5.41) is 2.74. The molecule has 7 nitrogen and oxygen atoms in total. The lowest BCUT2D eigenvalue weighted by Crippen LogP contribution is -2.20. The predicted molar refractivity (Wildman–Crippen MR) is 93.5 cm³/mol. The molecule has 0 unspecified atom stereocenters. The minimum absolute atomic E-state index is 0.106. The number of H-pyrrole nitrogens is 1. The van der Waals surface area contributed by atoms with Gasteiger partial charge in [0, 0.05) is 18.1 Å². The van der Waals surface area contributed by atoms with Crippen molar-refractivity contribution in [3.8, 4) is 17.2 Å². The van der Waals surface area contributed by atoms with Gasteiger partial charge in [-0.2, -0.15) is 0 Å². The molecule has 0 aliphatic carbocycles. The van der Waals surface area contributed by atoms with E-state index in [-0.39, 0.29) is 18.2 Å². The van der Waals surface area contributed by atoms with Gasteiger partial charge in [0.15, 0.2) is 6.61 Å². The summed E-state index contributed by atoms with van der Waals surface area (Å²) in [6.45, 7) is -0.106. The molecule has 0 aliphatic rings. The van der Waals surface area contributed by atoms with E-state index >= 15 is 0 Å². The fourth-order valence-corrected chi connectivity index (χ4v) is 2.25. The number of imidazole rings is 1. The van der Waals surface area contributed by atoms with E-state index in [9.17, 15) is 9.59 Å². The number of carbonyl (C=O) groups is 1. The number of hydrogen-bond acceptors (Lipinski definition) is 4. The van der Waals surface area contributed by atoms with Crippen LogP contribution in [0.5, 0.6) is 11.5 Å². The number of hydrogen-bond donors (Lipinski definition) is 2. The third kappa shape index (κ3) is 4.08. The number of aromatic amines is 1. The van der Waals surface area contributed by atoms with E-state index in [0.717, 1.165) is 5.75 Å². The average Bonchev–Trinajstić information content (AvgIpc) is 3.07. The summed E-state index contributed by atoms with van der Waals surface area (Å²) in [6.07, 6.45) is 3.20. The van der Waals surface area contributed by atoms with Gasteiger partial charge in [0.2, 0.25) is 0 Å². The lowest BCUT2D eigenvalue weighted by molar-refractivity contribution is -0.118. The Bertz CT molecular complexity index is 895. The summed E-state index contributed by atoms with van der Waals surface area (Å²) >= 11 is 0. The van der Waals surface area contributed by atoms with Gasteiger partial charge in [-0.1, -0.05) is 0 Å². The van der Waals surface area contributed by atoms with Crippen LogP contribution in [0.2, 0.25) is 0 Å². The zero-order valence-electron chi connectivity index (χ0n) is 13.6. The van der Waals surface area contributed by atoms with Crippen LogP contribution in [0.15, 0.2) is 65.7 Å². The zero-order chi connectivity index (χ0) is 17.6. The molecular weight excluding hydrogens is 322 g/mol. The number of ether oxygens (including phenoxy) is 2. The van der Waals surface area contributed by atoms with Crippen LogP contribution in [-0.2, 0) is 4.79 Å². The fraction of sp³-hybridized carbons (Fsp3) is 0.111. The summed E-state index contributed by atoms with van der Waals surface area (Å²) in [6, 6.07) is 13.9. The number of methoxy groups -OCH3 is 1. The molecule has 0 bridgehead atoms. The maximum atomic E-state index is 12.0. The monoisotopic (exact) mass is 339 g/mol. The highest BCUT2D eigenvalue weighted by Crippen LogP contribution is 2.17. The molecule has 0 saturated carbocycles. The number of nitrogens with one attached hydrogen (secondary N) is 2. The number of rotatable bonds is 6. The van der Waals surface area contributed by atoms with Crippen molar-refractivity contribution in [3.63, 3.8) is 0 Å². The van der Waals surface area contributed by atoms with Gasteiger partial charge < -0.3 is 19.8 Å². The van der Waals surface area contributed by atoms with Crippen LogP contribution in [0.1, 0.15) is 0 Å². The molecule has 128 valence electrons. The summed E-state index contributed by atoms with van der Waals surface area (Å²) in [4.78, 5) is 26.1. The second-order valence-electron chi connectivity index (χ2n) is 5.19. The summed E-state index contributed by atoms with van der Waals surface area (Å²) < 4.78 is 12.0. The van der Waals surface area contributed by atoms with E-state index in [1.807, 2.05) is 0 Å². The molecule has 0 saturated heterocycles. The van der Waals surface area contributed by atoms with Crippen LogP contribution in [-0.4, -0.2) is 29.2 Å². The Hall–Kier alpha value is -3.48. The number of aromatic nitrogens is 2. The molecule has 0 atom stereocenters. The lowest BCUT2D eigenvalue weighted by atomic mass is 10.2. The van der Waals surface area contributed by atoms with E-state index in [0.29, 0.717) is 17.1 Å². The standard InChI is InChI=1S/C18H17N3O4/c1-24-15-6-8-16(9-7-15)25-12-17(22)20-13-2-4-14(5-3-13)21-11-10-19-18(21)23/h2-11H,12H2,1H3,(H,19,23)(H,20,22). The quantitative estimate of drug-likeness (QED) is 0.721. The van der Waals surface area contributed by atoms with Crippen molar-refractivity contribution in [1.29, 1.82) is 0 Å². The van der Waals surface area contributed by atoms with Crippen LogP contribution < -0.4 is 20.5 Å². The molecule has 25 heavy (non-hydrogen) atoms. The van der Waals surface area contributed by atoms with Crippen LogP contribution in [0.4, 0.5) is 5.69 Å². The third-order valence-electron chi connectivity index (χ3n) is 3.51. The minimum atomic E-state index is -0.276. The summed E-state index contributed by atoms with van der Waals surface area (Å²) in [7, 11) is 1.58. The molecule has 1 heterocycles. The molecule has 0 radical (unpaired) electrons. The maximum absolute atomic E-state index is 12.0. The predicted octanol–water partition coefficient (Wildman–Crippen LogP) is 2.19. The van der Waals surface area contributed by atoms with Crippen molar-refractivity contribution in [2.45, 2.75) is 0 Å². The molecule has 7 heteroatoms. The van der Waals surface area contributed by atoms with Gasteiger partial charge in [-0.25, -0.2) is 4.79 Å². The SMILES string of the molecule is COc1ccc(OCC(=O)Nc2ccc(-n3cc[nH]c3=O)cc2)cc1. The molecule has 3 aromatic rings. The molecule has 0 spiro atoms. The first-order valence-corrected chi connectivity index (χ1v) is 7.59. The topological polar surface area (TPSA) is 85.3 Å². The van der Waals surface area contributed by atoms with Gasteiger partial charge in [0.25, 0.3) is 5.91 Å². The van der Waals surface area contributed by atoms with Crippen molar-refractivity contribution in [2.24, 2.45) is 0 Å². The smallest absolute Gasteiger partial charge is 0.330 e. The molecule has 1 aromatic heterocycles. The zero-order valence-corrected chi connectivity index (χ0v) is 13.6. The first kappa shape index (κ1) is 16.4. The maximum Gasteiger partial charge on any atom is 0.330 e. The lowest BCUT2D eigenvalue weighted by Gasteiger charge is -2.09. The Morgan fingerprint density at radius 3 is 2.36 bits per heavy atom. The van der Waals surface area contributed by atoms with Gasteiger partial charge in [0.1, 0.15) is 11.5 Å². The fourth-order valence-electron chi connectivity index (χ4n) is 2.25. The van der Waals surface area contributed by atoms with Crippen molar-refractivity contribution in [1.82, 2.24) is 9.55 Å². The van der Waals surface area contributed by atoms with E-state index in [1.54, 1.807) is 68.0 Å². The van der Waals surface area contributed by atoms with Gasteiger partial charge in [0.05, 0.1) is 12.8 Å². The van der Waals surface area contributed by atoms with Crippen molar-refractivity contribution >= 4 is 11.6 Å². The molecule has 0 aliphatic heterocycles. The number of anilines is 1. The molecule has 1 amide bonds. The van der Waals surface area contributed by atoms with Gasteiger partial charge in [-0.15, -0.1) is 0 Å². The Kier molecular flexibility index (Phi) is 4.84. The van der Waals surface area contributed by atoms with Crippen molar-refractivity contribution in [3.05, 3.63) is 71.4 Å².